The maximum absolute atomic E-state index is 13.3. The van der Waals surface area contributed by atoms with Gasteiger partial charge in [0.05, 0.1) is 6.54 Å². The molecule has 0 spiro atoms. The van der Waals surface area contributed by atoms with E-state index in [1.54, 1.807) is 11.0 Å². The Bertz CT molecular complexity index is 671. The number of rotatable bonds is 5. The van der Waals surface area contributed by atoms with Crippen LogP contribution in [0.4, 0.5) is 9.18 Å². The van der Waals surface area contributed by atoms with Gasteiger partial charge in [0.1, 0.15) is 11.4 Å². The van der Waals surface area contributed by atoms with Crippen LogP contribution >= 0.6 is 24.0 Å². The number of nitrogens with zero attached hydrogens (tertiary/aromatic N) is 2. The molecule has 1 amide bonds. The van der Waals surface area contributed by atoms with Crippen LogP contribution in [0.2, 0.25) is 0 Å². The number of carbonyl (C=O) groups is 1. The van der Waals surface area contributed by atoms with Crippen molar-refractivity contribution >= 4 is 36.0 Å². The van der Waals surface area contributed by atoms with E-state index in [1.165, 1.54) is 12.1 Å². The number of likely N-dealkylation sites (tertiary alicyclic amines) is 1. The lowest BCUT2D eigenvalue weighted by Crippen LogP contribution is -2.45. The number of amides is 1. The average Bonchev–Trinajstić information content (AvgIpc) is 2.63. The lowest BCUT2D eigenvalue weighted by Gasteiger charge is -2.33. The fourth-order valence-corrected chi connectivity index (χ4v) is 3.03. The van der Waals surface area contributed by atoms with Gasteiger partial charge >= 0.3 is 6.09 Å². The Balaban J connectivity index is 0.00000420. The number of halogens is 2. The maximum Gasteiger partial charge on any atom is 0.410 e. The summed E-state index contributed by atoms with van der Waals surface area (Å²) in [5, 5.41) is 6.59. The average molecular weight is 520 g/mol. The molecule has 1 aromatic rings. The maximum atomic E-state index is 13.3. The van der Waals surface area contributed by atoms with Crippen LogP contribution in [0.5, 0.6) is 0 Å². The minimum atomic E-state index is -0.464. The molecule has 2 N–H and O–H groups in total. The number of aliphatic imine (C=N–C) groups is 1. The molecule has 0 bridgehead atoms. The van der Waals surface area contributed by atoms with Gasteiger partial charge in [-0.05, 0) is 64.2 Å². The fourth-order valence-electron chi connectivity index (χ4n) is 3.03. The summed E-state index contributed by atoms with van der Waals surface area (Å²) in [7, 11) is 0. The number of piperidine rings is 1. The molecule has 0 saturated carbocycles. The number of hydrogen-bond donors (Lipinski definition) is 2. The fraction of sp³-hybridized carbons (Fsp3) is 0.619. The molecule has 0 atom stereocenters. The van der Waals surface area contributed by atoms with E-state index in [2.05, 4.69) is 15.6 Å². The summed E-state index contributed by atoms with van der Waals surface area (Å²) < 4.78 is 18.7. The van der Waals surface area contributed by atoms with Crippen molar-refractivity contribution in [2.45, 2.75) is 52.7 Å². The second-order valence-electron chi connectivity index (χ2n) is 8.12. The Morgan fingerprint density at radius 2 is 1.97 bits per heavy atom. The third kappa shape index (κ3) is 9.64. The van der Waals surface area contributed by atoms with Crippen molar-refractivity contribution in [2.24, 2.45) is 10.9 Å². The molecule has 8 heteroatoms. The summed E-state index contributed by atoms with van der Waals surface area (Å²) in [5.74, 6) is 0.945. The third-order valence-corrected chi connectivity index (χ3v) is 4.48. The van der Waals surface area contributed by atoms with Gasteiger partial charge in [-0.1, -0.05) is 12.1 Å². The Kier molecular flexibility index (Phi) is 10.7. The van der Waals surface area contributed by atoms with E-state index in [9.17, 15) is 9.18 Å². The summed E-state index contributed by atoms with van der Waals surface area (Å²) in [6.45, 7) is 11.0. The van der Waals surface area contributed by atoms with Crippen molar-refractivity contribution in [1.29, 1.82) is 0 Å². The normalized spacial score (nSPS) is 15.5. The minimum Gasteiger partial charge on any atom is -0.444 e. The zero-order valence-electron chi connectivity index (χ0n) is 17.8. The number of hydrogen-bond acceptors (Lipinski definition) is 3. The zero-order chi connectivity index (χ0) is 20.6. The Labute approximate surface area is 190 Å². The van der Waals surface area contributed by atoms with Crippen LogP contribution in [-0.4, -0.2) is 48.7 Å². The van der Waals surface area contributed by atoms with E-state index in [1.807, 2.05) is 33.8 Å². The van der Waals surface area contributed by atoms with E-state index in [-0.39, 0.29) is 35.9 Å². The SMILES string of the molecule is CCNC(=NCc1cccc(F)c1)NCC1CCN(C(=O)OC(C)(C)C)CC1.I. The van der Waals surface area contributed by atoms with Gasteiger partial charge in [-0.3, -0.25) is 0 Å². The van der Waals surface area contributed by atoms with Crippen LogP contribution in [0.25, 0.3) is 0 Å². The highest BCUT2D eigenvalue weighted by Crippen LogP contribution is 2.19. The number of nitrogens with one attached hydrogen (secondary N) is 2. The topological polar surface area (TPSA) is 66.0 Å². The van der Waals surface area contributed by atoms with Crippen LogP contribution in [0.1, 0.15) is 46.1 Å². The van der Waals surface area contributed by atoms with E-state index < -0.39 is 5.60 Å². The number of carbonyl (C=O) groups excluding carboxylic acids is 1. The van der Waals surface area contributed by atoms with Gasteiger partial charge in [0, 0.05) is 26.2 Å². The molecule has 0 aliphatic carbocycles. The summed E-state index contributed by atoms with van der Waals surface area (Å²) in [6.07, 6.45) is 1.62. The lowest BCUT2D eigenvalue weighted by atomic mass is 9.97. The molecule has 1 aromatic carbocycles. The van der Waals surface area contributed by atoms with Crippen LogP contribution < -0.4 is 10.6 Å². The molecule has 1 fully saturated rings. The first-order chi connectivity index (χ1) is 13.3. The van der Waals surface area contributed by atoms with Crippen LogP contribution in [0.3, 0.4) is 0 Å². The highest BCUT2D eigenvalue weighted by Gasteiger charge is 2.26. The molecule has 1 aliphatic heterocycles. The van der Waals surface area contributed by atoms with Gasteiger partial charge in [0.15, 0.2) is 5.96 Å². The summed E-state index contributed by atoms with van der Waals surface area (Å²) >= 11 is 0. The molecular formula is C21H34FIN4O2. The predicted molar refractivity (Wildman–Crippen MR) is 125 cm³/mol. The van der Waals surface area contributed by atoms with Crippen molar-refractivity contribution in [3.8, 4) is 0 Å². The Hall–Kier alpha value is -1.58. The van der Waals surface area contributed by atoms with Crippen molar-refractivity contribution in [3.05, 3.63) is 35.6 Å². The highest BCUT2D eigenvalue weighted by molar-refractivity contribution is 14.0. The van der Waals surface area contributed by atoms with Gasteiger partial charge in [0.2, 0.25) is 0 Å². The largest absolute Gasteiger partial charge is 0.444 e. The van der Waals surface area contributed by atoms with Crippen LogP contribution in [0.15, 0.2) is 29.3 Å². The molecule has 0 radical (unpaired) electrons. The van der Waals surface area contributed by atoms with E-state index >= 15 is 0 Å². The minimum absolute atomic E-state index is 0. The van der Waals surface area contributed by atoms with Crippen molar-refractivity contribution < 1.29 is 13.9 Å². The molecule has 6 nitrogen and oxygen atoms in total. The Morgan fingerprint density at radius 1 is 1.28 bits per heavy atom. The number of ether oxygens (including phenoxy) is 1. The quantitative estimate of drug-likeness (QED) is 0.348. The highest BCUT2D eigenvalue weighted by atomic mass is 127. The second kappa shape index (κ2) is 12.2. The smallest absolute Gasteiger partial charge is 0.410 e. The Morgan fingerprint density at radius 3 is 2.55 bits per heavy atom. The lowest BCUT2D eigenvalue weighted by molar-refractivity contribution is 0.0185. The van der Waals surface area contributed by atoms with E-state index in [0.717, 1.165) is 37.5 Å². The van der Waals surface area contributed by atoms with Crippen LogP contribution in [-0.2, 0) is 11.3 Å². The molecule has 1 saturated heterocycles. The third-order valence-electron chi connectivity index (χ3n) is 4.48. The van der Waals surface area contributed by atoms with E-state index in [0.29, 0.717) is 25.6 Å². The zero-order valence-corrected chi connectivity index (χ0v) is 20.2. The van der Waals surface area contributed by atoms with Crippen molar-refractivity contribution in [3.63, 3.8) is 0 Å². The molecule has 0 aromatic heterocycles. The monoisotopic (exact) mass is 520 g/mol. The van der Waals surface area contributed by atoms with Crippen LogP contribution in [0, 0.1) is 11.7 Å². The first-order valence-electron chi connectivity index (χ1n) is 10.0. The summed E-state index contributed by atoms with van der Waals surface area (Å²) in [5.41, 5.74) is 0.372. The molecule has 1 aliphatic rings. The molecule has 0 unspecified atom stereocenters. The van der Waals surface area contributed by atoms with Crippen molar-refractivity contribution in [1.82, 2.24) is 15.5 Å². The molecular weight excluding hydrogens is 486 g/mol. The first-order valence-corrected chi connectivity index (χ1v) is 10.0. The first kappa shape index (κ1) is 25.5. The number of benzene rings is 1. The number of guanidine groups is 1. The second-order valence-corrected chi connectivity index (χ2v) is 8.12. The van der Waals surface area contributed by atoms with Gasteiger partial charge in [-0.25, -0.2) is 14.2 Å². The van der Waals surface area contributed by atoms with Crippen molar-refractivity contribution in [2.75, 3.05) is 26.2 Å². The standard InChI is InChI=1S/C21H33FN4O2.HI/c1-5-23-19(25-15-17-7-6-8-18(22)13-17)24-14-16-9-11-26(12-10-16)20(27)28-21(2,3)4;/h6-8,13,16H,5,9-12,14-15H2,1-4H3,(H2,23,24,25);1H. The summed E-state index contributed by atoms with van der Waals surface area (Å²) in [6, 6.07) is 6.49. The summed E-state index contributed by atoms with van der Waals surface area (Å²) in [4.78, 5) is 18.5. The van der Waals surface area contributed by atoms with Gasteiger partial charge in [-0.15, -0.1) is 24.0 Å². The molecule has 164 valence electrons. The van der Waals surface area contributed by atoms with Gasteiger partial charge < -0.3 is 20.3 Å². The molecule has 29 heavy (non-hydrogen) atoms. The molecule has 2 rings (SSSR count). The van der Waals surface area contributed by atoms with E-state index in [4.69, 9.17) is 4.74 Å². The van der Waals surface area contributed by atoms with Gasteiger partial charge in [-0.2, -0.15) is 0 Å². The van der Waals surface area contributed by atoms with Gasteiger partial charge in [0.25, 0.3) is 0 Å². The molecule has 1 heterocycles. The predicted octanol–water partition coefficient (Wildman–Crippen LogP) is 4.15.